The molecular formula is C4H10ClO3PS. The molecule has 0 rings (SSSR count). The van der Waals surface area contributed by atoms with E-state index in [0.29, 0.717) is 23.8 Å². The molecule has 0 aromatic heterocycles. The van der Waals surface area contributed by atoms with Crippen LogP contribution < -0.4 is 0 Å². The van der Waals surface area contributed by atoms with Gasteiger partial charge in [0.1, 0.15) is 0 Å². The first-order chi connectivity index (χ1) is 4.68. The van der Waals surface area contributed by atoms with Crippen LogP contribution >= 0.6 is 28.1 Å². The first-order valence-electron chi connectivity index (χ1n) is 2.88. The van der Waals surface area contributed by atoms with Crippen molar-refractivity contribution in [3.8, 4) is 0 Å². The van der Waals surface area contributed by atoms with Crippen LogP contribution in [0.5, 0.6) is 0 Å². The van der Waals surface area contributed by atoms with Gasteiger partial charge in [-0.1, -0.05) is 0 Å². The number of rotatable bonds is 5. The monoisotopic (exact) mass is 204 g/mol. The molecule has 0 aromatic rings. The van der Waals surface area contributed by atoms with Crippen LogP contribution in [0.2, 0.25) is 0 Å². The number of halogens is 1. The lowest BCUT2D eigenvalue weighted by atomic mass is 10.9. The van der Waals surface area contributed by atoms with Gasteiger partial charge in [0.05, 0.1) is 23.8 Å². The second-order valence-corrected chi connectivity index (χ2v) is 5.90. The molecule has 3 nitrogen and oxygen atoms in total. The zero-order valence-corrected chi connectivity index (χ0v) is 8.34. The molecule has 6 heteroatoms. The fourth-order valence-electron chi connectivity index (χ4n) is 0.393. The van der Waals surface area contributed by atoms with Crippen molar-refractivity contribution < 1.29 is 13.6 Å². The second kappa shape index (κ2) is 5.44. The van der Waals surface area contributed by atoms with E-state index in [-0.39, 0.29) is 0 Å². The Morgan fingerprint density at radius 3 is 2.00 bits per heavy atom. The normalized spacial score (nSPS) is 11.9. The average Bonchev–Trinajstić information content (AvgIpc) is 1.89. The van der Waals surface area contributed by atoms with E-state index in [1.807, 2.05) is 0 Å². The first kappa shape index (κ1) is 10.8. The van der Waals surface area contributed by atoms with Crippen LogP contribution in [-0.4, -0.2) is 13.2 Å². The minimum Gasteiger partial charge on any atom is -0.300 e. The third-order valence-electron chi connectivity index (χ3n) is 0.659. The fourth-order valence-corrected chi connectivity index (χ4v) is 2.77. The van der Waals surface area contributed by atoms with Gasteiger partial charge in [-0.05, 0) is 24.5 Å². The first-order valence-corrected chi connectivity index (χ1v) is 6.67. The molecule has 0 radical (unpaired) electrons. The van der Waals surface area contributed by atoms with Crippen molar-refractivity contribution in [2.45, 2.75) is 13.8 Å². The van der Waals surface area contributed by atoms with Crippen molar-refractivity contribution in [1.29, 1.82) is 0 Å². The highest BCUT2D eigenvalue weighted by Gasteiger charge is 2.23. The zero-order valence-electron chi connectivity index (χ0n) is 5.87. The zero-order chi connectivity index (χ0) is 8.04. The molecule has 0 fully saturated rings. The van der Waals surface area contributed by atoms with E-state index in [1.165, 1.54) is 0 Å². The molecule has 0 atom stereocenters. The van der Waals surface area contributed by atoms with Gasteiger partial charge in [0.15, 0.2) is 0 Å². The molecule has 10 heavy (non-hydrogen) atoms. The van der Waals surface area contributed by atoms with Gasteiger partial charge >= 0.3 is 6.80 Å². The average molecular weight is 205 g/mol. The molecule has 0 amide bonds. The van der Waals surface area contributed by atoms with Crippen molar-refractivity contribution in [1.82, 2.24) is 0 Å². The topological polar surface area (TPSA) is 35.5 Å². The molecule has 62 valence electrons. The lowest BCUT2D eigenvalue weighted by Crippen LogP contribution is -1.89. The Balaban J connectivity index is 3.83. The molecule has 0 aromatic carbocycles. The van der Waals surface area contributed by atoms with E-state index in [9.17, 15) is 4.57 Å². The van der Waals surface area contributed by atoms with Gasteiger partial charge < -0.3 is 9.05 Å². The molecule has 0 spiro atoms. The highest BCUT2D eigenvalue weighted by molar-refractivity contribution is 8.66. The highest BCUT2D eigenvalue weighted by Crippen LogP contribution is 2.62. The Hall–Kier alpha value is 0.790. The van der Waals surface area contributed by atoms with Crippen LogP contribution in [0.1, 0.15) is 13.8 Å². The van der Waals surface area contributed by atoms with Gasteiger partial charge in [-0.3, -0.25) is 0 Å². The summed E-state index contributed by atoms with van der Waals surface area (Å²) in [4.78, 5) is 0. The van der Waals surface area contributed by atoms with Gasteiger partial charge in [0.2, 0.25) is 0 Å². The van der Waals surface area contributed by atoms with E-state index in [0.717, 1.165) is 0 Å². The Morgan fingerprint density at radius 2 is 1.80 bits per heavy atom. The summed E-state index contributed by atoms with van der Waals surface area (Å²) in [6.07, 6.45) is 0. The Kier molecular flexibility index (Phi) is 5.87. The summed E-state index contributed by atoms with van der Waals surface area (Å²) >= 11 is 0. The molecule has 0 aliphatic rings. The minimum atomic E-state index is -3.02. The van der Waals surface area contributed by atoms with Crippen LogP contribution in [0, 0.1) is 0 Å². The van der Waals surface area contributed by atoms with Crippen LogP contribution in [-0.2, 0) is 13.6 Å². The van der Waals surface area contributed by atoms with E-state index in [2.05, 4.69) is 0 Å². The molecule has 0 aliphatic heterocycles. The largest absolute Gasteiger partial charge is 0.404 e. The van der Waals surface area contributed by atoms with Gasteiger partial charge in [-0.15, -0.1) is 0 Å². The quantitative estimate of drug-likeness (QED) is 0.645. The Labute approximate surface area is 69.2 Å². The number of hydrogen-bond acceptors (Lipinski definition) is 4. The van der Waals surface area contributed by atoms with E-state index < -0.39 is 6.80 Å². The van der Waals surface area contributed by atoms with E-state index in [4.69, 9.17) is 19.7 Å². The lowest BCUT2D eigenvalue weighted by Gasteiger charge is -2.11. The second-order valence-electron chi connectivity index (χ2n) is 1.35. The predicted octanol–water partition coefficient (Wildman–Crippen LogP) is 3.05. The predicted molar refractivity (Wildman–Crippen MR) is 44.3 cm³/mol. The van der Waals surface area contributed by atoms with Crippen molar-refractivity contribution in [2.75, 3.05) is 13.2 Å². The fraction of sp³-hybridized carbons (Fsp3) is 1.00. The molecule has 0 unspecified atom stereocenters. The summed E-state index contributed by atoms with van der Waals surface area (Å²) in [6, 6.07) is 0. The molecule has 0 bridgehead atoms. The SMILES string of the molecule is CCOP(=O)(OCC)SCl. The van der Waals surface area contributed by atoms with Gasteiger partial charge in [-0.25, -0.2) is 4.57 Å². The van der Waals surface area contributed by atoms with Crippen molar-refractivity contribution >= 4 is 28.1 Å². The van der Waals surface area contributed by atoms with Crippen molar-refractivity contribution in [3.63, 3.8) is 0 Å². The van der Waals surface area contributed by atoms with Crippen molar-refractivity contribution in [2.24, 2.45) is 0 Å². The Bertz CT molecular complexity index is 122. The molecule has 0 N–H and O–H groups in total. The molecule has 0 aliphatic carbocycles. The van der Waals surface area contributed by atoms with E-state index >= 15 is 0 Å². The van der Waals surface area contributed by atoms with Crippen LogP contribution in [0.3, 0.4) is 0 Å². The summed E-state index contributed by atoms with van der Waals surface area (Å²) in [5.74, 6) is 0. The lowest BCUT2D eigenvalue weighted by molar-refractivity contribution is 0.237. The third kappa shape index (κ3) is 3.84. The van der Waals surface area contributed by atoms with E-state index in [1.54, 1.807) is 13.8 Å². The van der Waals surface area contributed by atoms with Gasteiger partial charge in [0, 0.05) is 0 Å². The maximum atomic E-state index is 11.2. The maximum Gasteiger partial charge on any atom is 0.404 e. The summed E-state index contributed by atoms with van der Waals surface area (Å²) in [5, 5.41) is 0. The summed E-state index contributed by atoms with van der Waals surface area (Å²) < 4.78 is 20.7. The number of hydrogen-bond donors (Lipinski definition) is 0. The summed E-state index contributed by atoms with van der Waals surface area (Å²) in [5.41, 5.74) is 0. The molecule has 0 heterocycles. The minimum absolute atomic E-state index is 0.344. The Morgan fingerprint density at radius 1 is 1.40 bits per heavy atom. The van der Waals surface area contributed by atoms with Crippen LogP contribution in [0.4, 0.5) is 0 Å². The van der Waals surface area contributed by atoms with Crippen LogP contribution in [0.25, 0.3) is 0 Å². The summed E-state index contributed by atoms with van der Waals surface area (Å²) in [6.45, 7) is 1.14. The standard InChI is InChI=1S/C4H10ClO3PS/c1-3-7-9(6,10-5)8-4-2/h3-4H2,1-2H3. The maximum absolute atomic E-state index is 11.2. The van der Waals surface area contributed by atoms with Gasteiger partial charge in [0.25, 0.3) is 0 Å². The smallest absolute Gasteiger partial charge is 0.300 e. The molecule has 0 saturated carbocycles. The molecular weight excluding hydrogens is 195 g/mol. The third-order valence-corrected chi connectivity index (χ3v) is 4.64. The van der Waals surface area contributed by atoms with Gasteiger partial charge in [-0.2, -0.15) is 0 Å². The van der Waals surface area contributed by atoms with Crippen molar-refractivity contribution in [3.05, 3.63) is 0 Å². The van der Waals surface area contributed by atoms with Crippen LogP contribution in [0.15, 0.2) is 0 Å². The molecule has 0 saturated heterocycles. The summed E-state index contributed by atoms with van der Waals surface area (Å²) in [7, 11) is 5.87. The highest BCUT2D eigenvalue weighted by atomic mass is 35.7.